The highest BCUT2D eigenvalue weighted by Gasteiger charge is 2.09. The van der Waals surface area contributed by atoms with Crippen molar-refractivity contribution in [2.75, 3.05) is 18.5 Å². The number of rotatable bonds is 7. The van der Waals surface area contributed by atoms with Gasteiger partial charge in [0.1, 0.15) is 0 Å². The predicted molar refractivity (Wildman–Crippen MR) is 94.7 cm³/mol. The first-order valence-electron chi connectivity index (χ1n) is 7.61. The Balaban J connectivity index is 2.43. The van der Waals surface area contributed by atoms with Crippen LogP contribution in [0.1, 0.15) is 37.0 Å². The molecule has 0 atom stereocenters. The molecule has 7 nitrogen and oxygen atoms in total. The molecular formula is C16H21N3O4S. The highest BCUT2D eigenvalue weighted by Crippen LogP contribution is 2.09. The summed E-state index contributed by atoms with van der Waals surface area (Å²) < 4.78 is 4.74. The molecule has 0 unspecified atom stereocenters. The van der Waals surface area contributed by atoms with E-state index in [0.29, 0.717) is 17.8 Å². The number of esters is 1. The molecule has 0 aromatic heterocycles. The second-order valence-electron chi connectivity index (χ2n) is 4.74. The lowest BCUT2D eigenvalue weighted by Crippen LogP contribution is -2.34. The fourth-order valence-corrected chi connectivity index (χ4v) is 2.00. The fraction of sp³-hybridized carbons (Fsp3) is 0.375. The third-order valence-electron chi connectivity index (χ3n) is 2.86. The average Bonchev–Trinajstić information content (AvgIpc) is 2.54. The molecule has 0 aliphatic rings. The van der Waals surface area contributed by atoms with Gasteiger partial charge in [-0.1, -0.05) is 0 Å². The van der Waals surface area contributed by atoms with Gasteiger partial charge >= 0.3 is 5.97 Å². The van der Waals surface area contributed by atoms with Gasteiger partial charge < -0.3 is 20.7 Å². The molecule has 0 bridgehead atoms. The summed E-state index contributed by atoms with van der Waals surface area (Å²) in [6, 6.07) is 6.67. The van der Waals surface area contributed by atoms with Crippen molar-refractivity contribution in [2.45, 2.75) is 26.7 Å². The average molecular weight is 351 g/mol. The van der Waals surface area contributed by atoms with Gasteiger partial charge in [-0.3, -0.25) is 14.4 Å². The minimum atomic E-state index is -0.424. The van der Waals surface area contributed by atoms with E-state index in [-0.39, 0.29) is 36.4 Å². The summed E-state index contributed by atoms with van der Waals surface area (Å²) in [6.07, 6.45) is 0.000302. The number of amides is 2. The van der Waals surface area contributed by atoms with Crippen molar-refractivity contribution in [3.63, 3.8) is 0 Å². The molecule has 24 heavy (non-hydrogen) atoms. The quantitative estimate of drug-likeness (QED) is 0.510. The summed E-state index contributed by atoms with van der Waals surface area (Å²) in [6.45, 7) is 4.39. The lowest BCUT2D eigenvalue weighted by molar-refractivity contribution is -0.144. The number of ether oxygens (including phenoxy) is 1. The van der Waals surface area contributed by atoms with Crippen LogP contribution in [0, 0.1) is 0 Å². The molecule has 1 rings (SSSR count). The molecule has 0 saturated carbocycles. The third-order valence-corrected chi connectivity index (χ3v) is 3.06. The second-order valence-corrected chi connectivity index (χ2v) is 5.15. The Bertz CT molecular complexity index is 602. The first-order chi connectivity index (χ1) is 11.5. The number of hydrogen-bond donors (Lipinski definition) is 3. The summed E-state index contributed by atoms with van der Waals surface area (Å²) in [5.74, 6) is -0.953. The van der Waals surface area contributed by atoms with Gasteiger partial charge in [-0.2, -0.15) is 0 Å². The maximum Gasteiger partial charge on any atom is 0.306 e. The molecule has 0 spiro atoms. The van der Waals surface area contributed by atoms with Gasteiger partial charge in [-0.15, -0.1) is 0 Å². The monoisotopic (exact) mass is 351 g/mol. The first kappa shape index (κ1) is 19.6. The summed E-state index contributed by atoms with van der Waals surface area (Å²) in [7, 11) is 0. The highest BCUT2D eigenvalue weighted by molar-refractivity contribution is 7.80. The Labute approximate surface area is 146 Å². The van der Waals surface area contributed by atoms with Crippen molar-refractivity contribution >= 4 is 40.8 Å². The summed E-state index contributed by atoms with van der Waals surface area (Å²) in [4.78, 5) is 34.5. The number of hydrogen-bond acceptors (Lipinski definition) is 5. The number of carbonyl (C=O) groups is 3. The lowest BCUT2D eigenvalue weighted by Gasteiger charge is -2.10. The Morgan fingerprint density at radius 3 is 2.33 bits per heavy atom. The summed E-state index contributed by atoms with van der Waals surface area (Å²) in [5.41, 5.74) is 1.17. The smallest absolute Gasteiger partial charge is 0.306 e. The van der Waals surface area contributed by atoms with Gasteiger partial charge in [0.05, 0.1) is 13.0 Å². The molecule has 0 fully saturated rings. The van der Waals surface area contributed by atoms with Crippen molar-refractivity contribution in [3.05, 3.63) is 29.8 Å². The first-order valence-corrected chi connectivity index (χ1v) is 8.01. The van der Waals surface area contributed by atoms with Crippen LogP contribution in [0.5, 0.6) is 0 Å². The van der Waals surface area contributed by atoms with Gasteiger partial charge in [0, 0.05) is 24.2 Å². The van der Waals surface area contributed by atoms with Gasteiger partial charge in [-0.05, 0) is 50.3 Å². The molecule has 8 heteroatoms. The van der Waals surface area contributed by atoms with Crippen LogP contribution in [-0.4, -0.2) is 36.0 Å². The van der Waals surface area contributed by atoms with Gasteiger partial charge in [0.2, 0.25) is 5.91 Å². The number of nitrogens with one attached hydrogen (secondary N) is 3. The maximum absolute atomic E-state index is 11.7. The van der Waals surface area contributed by atoms with Crippen molar-refractivity contribution in [2.24, 2.45) is 0 Å². The van der Waals surface area contributed by atoms with E-state index in [1.165, 1.54) is 0 Å². The standard InChI is InChI=1S/C16H21N3O4S/c1-3-17-15(22)11-5-7-12(8-6-11)18-16(24)19-13(20)9-10-14(21)23-4-2/h5-8H,3-4,9-10H2,1-2H3,(H,17,22)(H2,18,19,20,24). The van der Waals surface area contributed by atoms with E-state index in [1.807, 2.05) is 6.92 Å². The van der Waals surface area contributed by atoms with Gasteiger partial charge in [0.15, 0.2) is 5.11 Å². The zero-order valence-corrected chi connectivity index (χ0v) is 14.5. The minimum absolute atomic E-state index is 0.00319. The van der Waals surface area contributed by atoms with E-state index >= 15 is 0 Å². The van der Waals surface area contributed by atoms with Crippen molar-refractivity contribution in [1.29, 1.82) is 0 Å². The minimum Gasteiger partial charge on any atom is -0.466 e. The van der Waals surface area contributed by atoms with Crippen LogP contribution in [0.15, 0.2) is 24.3 Å². The van der Waals surface area contributed by atoms with Gasteiger partial charge in [0.25, 0.3) is 5.91 Å². The van der Waals surface area contributed by atoms with Crippen LogP contribution in [0.4, 0.5) is 5.69 Å². The van der Waals surface area contributed by atoms with Gasteiger partial charge in [-0.25, -0.2) is 0 Å². The fourth-order valence-electron chi connectivity index (χ4n) is 1.77. The lowest BCUT2D eigenvalue weighted by atomic mass is 10.2. The summed E-state index contributed by atoms with van der Waals surface area (Å²) in [5, 5.41) is 8.13. The summed E-state index contributed by atoms with van der Waals surface area (Å²) >= 11 is 5.03. The van der Waals surface area contributed by atoms with E-state index in [0.717, 1.165) is 0 Å². The van der Waals surface area contributed by atoms with Crippen LogP contribution in [0.2, 0.25) is 0 Å². The zero-order chi connectivity index (χ0) is 17.9. The normalized spacial score (nSPS) is 9.75. The topological polar surface area (TPSA) is 96.5 Å². The molecule has 2 amide bonds. The molecule has 0 heterocycles. The molecule has 1 aromatic carbocycles. The largest absolute Gasteiger partial charge is 0.466 e. The Morgan fingerprint density at radius 1 is 1.08 bits per heavy atom. The maximum atomic E-state index is 11.7. The number of carbonyl (C=O) groups excluding carboxylic acids is 3. The predicted octanol–water partition coefficient (Wildman–Crippen LogP) is 1.59. The highest BCUT2D eigenvalue weighted by atomic mass is 32.1. The zero-order valence-electron chi connectivity index (χ0n) is 13.7. The second kappa shape index (κ2) is 10.3. The Morgan fingerprint density at radius 2 is 1.75 bits per heavy atom. The number of benzene rings is 1. The molecule has 3 N–H and O–H groups in total. The molecule has 0 radical (unpaired) electrons. The third kappa shape index (κ3) is 7.19. The van der Waals surface area contributed by atoms with E-state index in [4.69, 9.17) is 17.0 Å². The Kier molecular flexibility index (Phi) is 8.42. The van der Waals surface area contributed by atoms with E-state index in [9.17, 15) is 14.4 Å². The van der Waals surface area contributed by atoms with Crippen LogP contribution in [0.3, 0.4) is 0 Å². The number of thiocarbonyl (C=S) groups is 1. The van der Waals surface area contributed by atoms with Crippen LogP contribution in [0.25, 0.3) is 0 Å². The van der Waals surface area contributed by atoms with E-state index < -0.39 is 5.97 Å². The number of anilines is 1. The van der Waals surface area contributed by atoms with Crippen LogP contribution < -0.4 is 16.0 Å². The van der Waals surface area contributed by atoms with Crippen molar-refractivity contribution in [1.82, 2.24) is 10.6 Å². The van der Waals surface area contributed by atoms with E-state index in [2.05, 4.69) is 16.0 Å². The van der Waals surface area contributed by atoms with E-state index in [1.54, 1.807) is 31.2 Å². The molecular weight excluding hydrogens is 330 g/mol. The van der Waals surface area contributed by atoms with Crippen LogP contribution in [-0.2, 0) is 14.3 Å². The molecule has 1 aromatic rings. The molecule has 0 aliphatic carbocycles. The van der Waals surface area contributed by atoms with Crippen molar-refractivity contribution < 1.29 is 19.1 Å². The molecule has 0 aliphatic heterocycles. The van der Waals surface area contributed by atoms with Crippen molar-refractivity contribution in [3.8, 4) is 0 Å². The SMILES string of the molecule is CCNC(=O)c1ccc(NC(=S)NC(=O)CCC(=O)OCC)cc1. The molecule has 130 valence electrons. The molecule has 0 saturated heterocycles. The Hall–Kier alpha value is -2.48. The van der Waals surface area contributed by atoms with Crippen LogP contribution >= 0.6 is 12.2 Å².